The fourth-order valence-corrected chi connectivity index (χ4v) is 1.54. The summed E-state index contributed by atoms with van der Waals surface area (Å²) < 4.78 is 2.09. The number of hydrogen-bond acceptors (Lipinski definition) is 3. The third-order valence-corrected chi connectivity index (χ3v) is 2.47. The van der Waals surface area contributed by atoms with Crippen molar-refractivity contribution in [3.8, 4) is 0 Å². The maximum Gasteiger partial charge on any atom is 0.251 e. The van der Waals surface area contributed by atoms with Crippen LogP contribution in [-0.4, -0.2) is 22.6 Å². The number of carbonyl (C=O) groups excluding carboxylic acids is 1. The van der Waals surface area contributed by atoms with E-state index in [-0.39, 0.29) is 30.4 Å². The summed E-state index contributed by atoms with van der Waals surface area (Å²) in [4.78, 5) is 23.0. The van der Waals surface area contributed by atoms with E-state index in [9.17, 15) is 9.59 Å². The number of halogens is 2. The minimum Gasteiger partial charge on any atom is -0.353 e. The minimum absolute atomic E-state index is 0. The van der Waals surface area contributed by atoms with Gasteiger partial charge in [0.25, 0.3) is 5.56 Å². The second kappa shape index (κ2) is 6.92. The molecule has 0 aliphatic carbocycles. The summed E-state index contributed by atoms with van der Waals surface area (Å²) in [6.45, 7) is 4.00. The summed E-state index contributed by atoms with van der Waals surface area (Å²) in [6, 6.07) is 3.05. The minimum atomic E-state index is -0.460. The average molecular weight is 339 g/mol. The van der Waals surface area contributed by atoms with Gasteiger partial charge in [-0.2, -0.15) is 0 Å². The lowest BCUT2D eigenvalue weighted by molar-refractivity contribution is -0.121. The molecule has 1 amide bonds. The van der Waals surface area contributed by atoms with E-state index in [1.54, 1.807) is 12.3 Å². The van der Waals surface area contributed by atoms with Crippen LogP contribution in [0.25, 0.3) is 0 Å². The van der Waals surface area contributed by atoms with Gasteiger partial charge in [-0.25, -0.2) is 0 Å². The third kappa shape index (κ3) is 6.18. The molecule has 7 heteroatoms. The summed E-state index contributed by atoms with van der Waals surface area (Å²) in [6.07, 6.45) is 1.58. The van der Waals surface area contributed by atoms with E-state index in [0.717, 1.165) is 4.47 Å². The van der Waals surface area contributed by atoms with Gasteiger partial charge in [-0.05, 0) is 35.8 Å². The first-order valence-electron chi connectivity index (χ1n) is 5.19. The smallest absolute Gasteiger partial charge is 0.251 e. The molecule has 0 atom stereocenters. The quantitative estimate of drug-likeness (QED) is 0.856. The summed E-state index contributed by atoms with van der Waals surface area (Å²) in [5, 5.41) is 2.68. The Kier molecular flexibility index (Phi) is 6.59. The van der Waals surface area contributed by atoms with Gasteiger partial charge in [0.05, 0.1) is 0 Å². The Labute approximate surface area is 120 Å². The molecule has 0 unspecified atom stereocenters. The normalized spacial score (nSPS) is 10.7. The average Bonchev–Trinajstić information content (AvgIpc) is 2.20. The van der Waals surface area contributed by atoms with Crippen molar-refractivity contribution in [2.24, 2.45) is 5.73 Å². The molecule has 1 aromatic heterocycles. The number of nitrogens with two attached hydrogens (primary N) is 1. The molecule has 5 nitrogen and oxygen atoms in total. The van der Waals surface area contributed by atoms with Crippen molar-refractivity contribution in [3.63, 3.8) is 0 Å². The van der Waals surface area contributed by atoms with E-state index < -0.39 is 5.54 Å². The van der Waals surface area contributed by atoms with Gasteiger partial charge in [-0.3, -0.25) is 9.59 Å². The monoisotopic (exact) mass is 337 g/mol. The third-order valence-electron chi connectivity index (χ3n) is 2.00. The van der Waals surface area contributed by atoms with Gasteiger partial charge >= 0.3 is 0 Å². The molecule has 1 aromatic rings. The largest absolute Gasteiger partial charge is 0.353 e. The lowest BCUT2D eigenvalue weighted by Crippen LogP contribution is -2.46. The van der Waals surface area contributed by atoms with Crippen LogP contribution in [0.5, 0.6) is 0 Å². The van der Waals surface area contributed by atoms with Crippen LogP contribution in [0.15, 0.2) is 27.6 Å². The van der Waals surface area contributed by atoms with Crippen molar-refractivity contribution in [2.75, 3.05) is 6.54 Å². The predicted octanol–water partition coefficient (Wildman–Crippen LogP) is 0.886. The van der Waals surface area contributed by atoms with Crippen LogP contribution >= 0.6 is 28.3 Å². The zero-order chi connectivity index (χ0) is 13.1. The molecule has 0 aromatic carbocycles. The number of rotatable bonds is 4. The Bertz CT molecular complexity index is 468. The Hall–Kier alpha value is -0.850. The van der Waals surface area contributed by atoms with Crippen molar-refractivity contribution in [1.29, 1.82) is 0 Å². The van der Waals surface area contributed by atoms with E-state index in [1.165, 1.54) is 10.6 Å². The molecule has 3 N–H and O–H groups in total. The molecule has 1 heterocycles. The molecule has 1 rings (SSSR count). The second-order valence-corrected chi connectivity index (χ2v) is 5.49. The van der Waals surface area contributed by atoms with Crippen molar-refractivity contribution in [2.45, 2.75) is 25.9 Å². The Balaban J connectivity index is 0.00000289. The van der Waals surface area contributed by atoms with Gasteiger partial charge in [0.15, 0.2) is 0 Å². The van der Waals surface area contributed by atoms with Gasteiger partial charge in [-0.15, -0.1) is 12.4 Å². The molecule has 0 fully saturated rings. The molecule has 18 heavy (non-hydrogen) atoms. The maximum absolute atomic E-state index is 11.6. The summed E-state index contributed by atoms with van der Waals surface area (Å²) >= 11 is 3.25. The molecule has 0 radical (unpaired) electrons. The van der Waals surface area contributed by atoms with Crippen molar-refractivity contribution < 1.29 is 4.79 Å². The van der Waals surface area contributed by atoms with Gasteiger partial charge in [0.1, 0.15) is 6.54 Å². The lowest BCUT2D eigenvalue weighted by atomic mass is 10.1. The SMILES string of the molecule is CC(C)(N)CNC(=O)Cn1cc(Br)ccc1=O.Cl. The van der Waals surface area contributed by atoms with E-state index in [0.29, 0.717) is 6.54 Å². The van der Waals surface area contributed by atoms with Crippen molar-refractivity contribution in [3.05, 3.63) is 33.2 Å². The highest BCUT2D eigenvalue weighted by atomic mass is 79.9. The van der Waals surface area contributed by atoms with Crippen LogP contribution in [0.3, 0.4) is 0 Å². The van der Waals surface area contributed by atoms with E-state index in [1.807, 2.05) is 13.8 Å². The summed E-state index contributed by atoms with van der Waals surface area (Å²) in [7, 11) is 0. The molecule has 0 aliphatic heterocycles. The summed E-state index contributed by atoms with van der Waals surface area (Å²) in [5.41, 5.74) is 5.07. The van der Waals surface area contributed by atoms with E-state index >= 15 is 0 Å². The molecule has 0 aliphatic rings. The van der Waals surface area contributed by atoms with Gasteiger partial charge in [-0.1, -0.05) is 0 Å². The highest BCUT2D eigenvalue weighted by Crippen LogP contribution is 2.04. The fraction of sp³-hybridized carbons (Fsp3) is 0.455. The maximum atomic E-state index is 11.6. The number of amides is 1. The lowest BCUT2D eigenvalue weighted by Gasteiger charge is -2.19. The first kappa shape index (κ1) is 17.2. The number of nitrogens with zero attached hydrogens (tertiary/aromatic N) is 1. The topological polar surface area (TPSA) is 77.1 Å². The number of hydrogen-bond donors (Lipinski definition) is 2. The number of pyridine rings is 1. The molecule has 0 saturated heterocycles. The highest BCUT2D eigenvalue weighted by Gasteiger charge is 2.12. The van der Waals surface area contributed by atoms with Crippen molar-refractivity contribution >= 4 is 34.2 Å². The molecule has 0 saturated carbocycles. The predicted molar refractivity (Wildman–Crippen MR) is 76.9 cm³/mol. The van der Waals surface area contributed by atoms with Crippen LogP contribution in [0.1, 0.15) is 13.8 Å². The van der Waals surface area contributed by atoms with Crippen LogP contribution in [0.4, 0.5) is 0 Å². The zero-order valence-corrected chi connectivity index (χ0v) is 12.7. The number of carbonyl (C=O) groups is 1. The van der Waals surface area contributed by atoms with Crippen LogP contribution in [0.2, 0.25) is 0 Å². The van der Waals surface area contributed by atoms with E-state index in [2.05, 4.69) is 21.2 Å². The molecule has 0 spiro atoms. The Morgan fingerprint density at radius 3 is 2.67 bits per heavy atom. The van der Waals surface area contributed by atoms with Crippen LogP contribution in [-0.2, 0) is 11.3 Å². The first-order chi connectivity index (χ1) is 7.78. The Morgan fingerprint density at radius 1 is 1.50 bits per heavy atom. The molecular formula is C11H17BrClN3O2. The van der Waals surface area contributed by atoms with Crippen molar-refractivity contribution in [1.82, 2.24) is 9.88 Å². The standard InChI is InChI=1S/C11H16BrN3O2.ClH/c1-11(2,13)7-14-9(16)6-15-5-8(12)3-4-10(15)17;/h3-5H,6-7,13H2,1-2H3,(H,14,16);1H. The Morgan fingerprint density at radius 2 is 2.11 bits per heavy atom. The van der Waals surface area contributed by atoms with Gasteiger partial charge in [0.2, 0.25) is 5.91 Å². The van der Waals surface area contributed by atoms with Crippen LogP contribution in [0, 0.1) is 0 Å². The second-order valence-electron chi connectivity index (χ2n) is 4.58. The molecule has 0 bridgehead atoms. The molecular weight excluding hydrogens is 321 g/mol. The number of aromatic nitrogens is 1. The number of nitrogens with one attached hydrogen (secondary N) is 1. The fourth-order valence-electron chi connectivity index (χ4n) is 1.16. The first-order valence-corrected chi connectivity index (χ1v) is 5.99. The van der Waals surface area contributed by atoms with E-state index in [4.69, 9.17) is 5.73 Å². The zero-order valence-electron chi connectivity index (χ0n) is 10.3. The summed E-state index contributed by atoms with van der Waals surface area (Å²) in [5.74, 6) is -0.233. The highest BCUT2D eigenvalue weighted by molar-refractivity contribution is 9.10. The van der Waals surface area contributed by atoms with Gasteiger partial charge < -0.3 is 15.6 Å². The molecule has 102 valence electrons. The van der Waals surface area contributed by atoms with Gasteiger partial charge in [0, 0.05) is 28.8 Å². The van der Waals surface area contributed by atoms with Crippen LogP contribution < -0.4 is 16.6 Å².